The maximum absolute atomic E-state index is 14.2. The Morgan fingerprint density at radius 3 is 2.22 bits per heavy atom. The van der Waals surface area contributed by atoms with Gasteiger partial charge in [-0.05, 0) is 61.2 Å². The minimum absolute atomic E-state index is 0.00302. The molecule has 1 fully saturated rings. The van der Waals surface area contributed by atoms with Gasteiger partial charge in [0.2, 0.25) is 11.8 Å². The second-order valence-corrected chi connectivity index (χ2v) is 13.0. The number of carbonyl (C=O) groups excluding carboxylic acids is 2. The van der Waals surface area contributed by atoms with E-state index >= 15 is 0 Å². The van der Waals surface area contributed by atoms with E-state index in [1.165, 1.54) is 29.2 Å². The van der Waals surface area contributed by atoms with Gasteiger partial charge in [-0.1, -0.05) is 91.0 Å². The first-order chi connectivity index (χ1) is 19.6. The van der Waals surface area contributed by atoms with Crippen LogP contribution in [0.1, 0.15) is 44.6 Å². The first-order valence-corrected chi connectivity index (χ1v) is 16.0. The minimum Gasteiger partial charge on any atom is -0.352 e. The summed E-state index contributed by atoms with van der Waals surface area (Å²) in [5.74, 6) is -0.830. The number of carbonyl (C=O) groups is 2. The van der Waals surface area contributed by atoms with Gasteiger partial charge in [-0.25, -0.2) is 8.42 Å². The first kappa shape index (κ1) is 31.2. The third-order valence-electron chi connectivity index (χ3n) is 7.16. The number of amides is 2. The summed E-state index contributed by atoms with van der Waals surface area (Å²) in [5, 5.41) is 3.77. The van der Waals surface area contributed by atoms with Crippen LogP contribution in [0.3, 0.4) is 0 Å². The number of sulfonamides is 1. The Bertz CT molecular complexity index is 1460. The van der Waals surface area contributed by atoms with Gasteiger partial charge in [0.25, 0.3) is 10.0 Å². The molecule has 0 spiro atoms. The standard InChI is InChI=1S/C30H32Cl3N3O4S/c1-2-26(30(38)34-23-9-6-7-10-23)35(19-21-15-17-22(31)18-16-21)28(37)20-36(27-14-8-13-25(32)29(27)33)41(39,40)24-11-4-3-5-12-24/h3-5,8,11-18,23,26H,2,6-7,9-10,19-20H2,1H3,(H,34,38)/t26-/m1/s1. The Hall–Kier alpha value is -2.78. The van der Waals surface area contributed by atoms with Crippen LogP contribution in [0.4, 0.5) is 5.69 Å². The Morgan fingerprint density at radius 2 is 1.59 bits per heavy atom. The predicted octanol–water partition coefficient (Wildman–Crippen LogP) is 6.71. The van der Waals surface area contributed by atoms with E-state index in [0.717, 1.165) is 35.6 Å². The molecule has 0 saturated heterocycles. The normalized spacial score (nSPS) is 14.4. The first-order valence-electron chi connectivity index (χ1n) is 13.5. The number of hydrogen-bond acceptors (Lipinski definition) is 4. The van der Waals surface area contributed by atoms with Gasteiger partial charge >= 0.3 is 0 Å². The van der Waals surface area contributed by atoms with Crippen LogP contribution in [0.5, 0.6) is 0 Å². The summed E-state index contributed by atoms with van der Waals surface area (Å²) in [6.07, 6.45) is 4.21. The topological polar surface area (TPSA) is 86.8 Å². The van der Waals surface area contributed by atoms with Crippen molar-refractivity contribution in [1.29, 1.82) is 0 Å². The number of nitrogens with zero attached hydrogens (tertiary/aromatic N) is 2. The molecule has 1 atom stereocenters. The quantitative estimate of drug-likeness (QED) is 0.254. The average molecular weight is 637 g/mol. The number of nitrogens with one attached hydrogen (secondary N) is 1. The third-order valence-corrected chi connectivity index (χ3v) is 10.00. The monoisotopic (exact) mass is 635 g/mol. The summed E-state index contributed by atoms with van der Waals surface area (Å²) in [5.41, 5.74) is 0.805. The zero-order valence-corrected chi connectivity index (χ0v) is 25.7. The SMILES string of the molecule is CC[C@H](C(=O)NC1CCCC1)N(Cc1ccc(Cl)cc1)C(=O)CN(c1cccc(Cl)c1Cl)S(=O)(=O)c1ccccc1. The summed E-state index contributed by atoms with van der Waals surface area (Å²) < 4.78 is 28.8. The molecule has 218 valence electrons. The molecule has 0 radical (unpaired) electrons. The highest BCUT2D eigenvalue weighted by Gasteiger charge is 2.35. The van der Waals surface area contributed by atoms with E-state index in [1.54, 1.807) is 48.5 Å². The van der Waals surface area contributed by atoms with Gasteiger partial charge in [-0.3, -0.25) is 13.9 Å². The largest absolute Gasteiger partial charge is 0.352 e. The Labute approximate surface area is 256 Å². The number of anilines is 1. The molecule has 0 aromatic heterocycles. The molecular weight excluding hydrogens is 605 g/mol. The lowest BCUT2D eigenvalue weighted by atomic mass is 10.1. The van der Waals surface area contributed by atoms with Crippen molar-refractivity contribution in [2.24, 2.45) is 0 Å². The molecule has 4 rings (SSSR count). The van der Waals surface area contributed by atoms with Crippen molar-refractivity contribution >= 4 is 62.3 Å². The molecule has 3 aromatic rings. The van der Waals surface area contributed by atoms with E-state index in [0.29, 0.717) is 11.4 Å². The molecule has 41 heavy (non-hydrogen) atoms. The number of benzene rings is 3. The van der Waals surface area contributed by atoms with E-state index < -0.39 is 28.5 Å². The van der Waals surface area contributed by atoms with Crippen molar-refractivity contribution in [2.75, 3.05) is 10.8 Å². The summed E-state index contributed by atoms with van der Waals surface area (Å²) in [4.78, 5) is 29.1. The van der Waals surface area contributed by atoms with E-state index in [9.17, 15) is 18.0 Å². The molecule has 0 unspecified atom stereocenters. The number of rotatable bonds is 11. The van der Waals surface area contributed by atoms with E-state index in [-0.39, 0.29) is 39.1 Å². The number of halogens is 3. The highest BCUT2D eigenvalue weighted by Crippen LogP contribution is 2.35. The molecule has 0 heterocycles. The highest BCUT2D eigenvalue weighted by atomic mass is 35.5. The third kappa shape index (κ3) is 7.55. The Morgan fingerprint density at radius 1 is 0.927 bits per heavy atom. The summed E-state index contributed by atoms with van der Waals surface area (Å²) >= 11 is 18.8. The molecule has 3 aromatic carbocycles. The lowest BCUT2D eigenvalue weighted by Gasteiger charge is -2.34. The molecule has 0 bridgehead atoms. The van der Waals surface area contributed by atoms with Crippen molar-refractivity contribution in [3.63, 3.8) is 0 Å². The summed E-state index contributed by atoms with van der Waals surface area (Å²) in [6, 6.07) is 18.6. The predicted molar refractivity (Wildman–Crippen MR) is 164 cm³/mol. The average Bonchev–Trinajstić information content (AvgIpc) is 3.47. The van der Waals surface area contributed by atoms with Crippen molar-refractivity contribution < 1.29 is 18.0 Å². The van der Waals surface area contributed by atoms with Crippen molar-refractivity contribution in [3.8, 4) is 0 Å². The van der Waals surface area contributed by atoms with Crippen LogP contribution >= 0.6 is 34.8 Å². The minimum atomic E-state index is -4.25. The molecule has 1 saturated carbocycles. The lowest BCUT2D eigenvalue weighted by molar-refractivity contribution is -0.140. The van der Waals surface area contributed by atoms with Gasteiger partial charge in [0.15, 0.2) is 0 Å². The molecule has 11 heteroatoms. The smallest absolute Gasteiger partial charge is 0.264 e. The van der Waals surface area contributed by atoms with Gasteiger partial charge in [-0.2, -0.15) is 0 Å². The maximum atomic E-state index is 14.2. The van der Waals surface area contributed by atoms with Crippen LogP contribution in [0.2, 0.25) is 15.1 Å². The lowest BCUT2D eigenvalue weighted by Crippen LogP contribution is -2.53. The van der Waals surface area contributed by atoms with Crippen LogP contribution in [0.25, 0.3) is 0 Å². The highest BCUT2D eigenvalue weighted by molar-refractivity contribution is 7.92. The van der Waals surface area contributed by atoms with Crippen molar-refractivity contribution in [1.82, 2.24) is 10.2 Å². The molecule has 7 nitrogen and oxygen atoms in total. The zero-order chi connectivity index (χ0) is 29.6. The van der Waals surface area contributed by atoms with E-state index in [1.807, 2.05) is 6.92 Å². The van der Waals surface area contributed by atoms with Gasteiger partial charge in [-0.15, -0.1) is 0 Å². The zero-order valence-electron chi connectivity index (χ0n) is 22.6. The van der Waals surface area contributed by atoms with E-state index in [2.05, 4.69) is 5.32 Å². The van der Waals surface area contributed by atoms with Crippen LogP contribution in [0, 0.1) is 0 Å². The summed E-state index contributed by atoms with van der Waals surface area (Å²) in [7, 11) is -4.25. The van der Waals surface area contributed by atoms with Gasteiger partial charge in [0.1, 0.15) is 12.6 Å². The second kappa shape index (κ2) is 13.9. The molecule has 1 N–H and O–H groups in total. The van der Waals surface area contributed by atoms with Crippen molar-refractivity contribution in [2.45, 2.75) is 62.6 Å². The van der Waals surface area contributed by atoms with Gasteiger partial charge < -0.3 is 10.2 Å². The molecule has 0 aliphatic heterocycles. The van der Waals surface area contributed by atoms with Crippen LogP contribution in [0.15, 0.2) is 77.7 Å². The molecule has 1 aliphatic carbocycles. The maximum Gasteiger partial charge on any atom is 0.264 e. The Balaban J connectivity index is 1.73. The van der Waals surface area contributed by atoms with E-state index in [4.69, 9.17) is 34.8 Å². The van der Waals surface area contributed by atoms with Crippen LogP contribution < -0.4 is 9.62 Å². The molecule has 1 aliphatic rings. The van der Waals surface area contributed by atoms with Gasteiger partial charge in [0.05, 0.1) is 20.6 Å². The molecule has 2 amide bonds. The fourth-order valence-electron chi connectivity index (χ4n) is 4.99. The number of hydrogen-bond donors (Lipinski definition) is 1. The molecular formula is C30H32Cl3N3O4S. The Kier molecular flexibility index (Phi) is 10.6. The van der Waals surface area contributed by atoms with Crippen molar-refractivity contribution in [3.05, 3.63) is 93.4 Å². The van der Waals surface area contributed by atoms with Crippen LogP contribution in [-0.2, 0) is 26.2 Å². The summed E-state index contributed by atoms with van der Waals surface area (Å²) in [6.45, 7) is 1.31. The second-order valence-electron chi connectivity index (χ2n) is 9.96. The van der Waals surface area contributed by atoms with Crippen LogP contribution in [-0.4, -0.2) is 43.8 Å². The fourth-order valence-corrected chi connectivity index (χ4v) is 7.01. The fraction of sp³-hybridized carbons (Fsp3) is 0.333. The van der Waals surface area contributed by atoms with Gasteiger partial charge in [0, 0.05) is 17.6 Å².